The third kappa shape index (κ3) is 6.32. The number of halogens is 4. The minimum absolute atomic E-state index is 0.0429. The lowest BCUT2D eigenvalue weighted by Gasteiger charge is -2.48. The fourth-order valence-corrected chi connectivity index (χ4v) is 7.37. The molecular formula is C33H39F4N7O3. The van der Waals surface area contributed by atoms with Crippen LogP contribution in [0.4, 0.5) is 34.8 Å². The average Bonchev–Trinajstić information content (AvgIpc) is 3.31. The molecule has 1 aromatic carbocycles. The van der Waals surface area contributed by atoms with Crippen molar-refractivity contribution >= 4 is 34.9 Å². The highest BCUT2D eigenvalue weighted by Crippen LogP contribution is 2.42. The van der Waals surface area contributed by atoms with Crippen LogP contribution in [0.25, 0.3) is 0 Å². The number of anilines is 3. The predicted octanol–water partition coefficient (Wildman–Crippen LogP) is 3.08. The second-order valence-corrected chi connectivity index (χ2v) is 12.9. The van der Waals surface area contributed by atoms with E-state index < -0.39 is 41.3 Å². The second kappa shape index (κ2) is 12.5. The highest BCUT2D eigenvalue weighted by atomic mass is 19.4. The first-order chi connectivity index (χ1) is 22.2. The molecule has 14 heteroatoms. The molecule has 6 rings (SSSR count). The van der Waals surface area contributed by atoms with E-state index in [4.69, 9.17) is 0 Å². The molecular weight excluding hydrogens is 618 g/mol. The summed E-state index contributed by atoms with van der Waals surface area (Å²) in [4.78, 5) is 54.7. The van der Waals surface area contributed by atoms with E-state index in [0.717, 1.165) is 43.2 Å². The van der Waals surface area contributed by atoms with Gasteiger partial charge in [-0.1, -0.05) is 6.58 Å². The number of rotatable bonds is 6. The maximum Gasteiger partial charge on any atom is 0.416 e. The molecule has 0 bridgehead atoms. The van der Waals surface area contributed by atoms with Crippen LogP contribution in [-0.2, 0) is 20.6 Å². The molecule has 4 aliphatic heterocycles. The lowest BCUT2D eigenvalue weighted by Crippen LogP contribution is -2.64. The van der Waals surface area contributed by atoms with Gasteiger partial charge in [0.25, 0.3) is 0 Å². The number of likely N-dealkylation sites (N-methyl/N-ethyl adjacent to an activating group) is 1. The molecule has 4 aliphatic rings. The van der Waals surface area contributed by atoms with Crippen LogP contribution in [0.3, 0.4) is 0 Å². The molecule has 10 nitrogen and oxygen atoms in total. The van der Waals surface area contributed by atoms with Crippen LogP contribution in [0, 0.1) is 25.6 Å². The van der Waals surface area contributed by atoms with Crippen molar-refractivity contribution in [3.05, 3.63) is 59.6 Å². The maximum atomic E-state index is 14.8. The number of nitrogens with zero attached hydrogens (tertiary/aromatic N) is 7. The third-order valence-electron chi connectivity index (χ3n) is 9.86. The number of alkyl halides is 3. The molecule has 0 unspecified atom stereocenters. The Labute approximate surface area is 271 Å². The van der Waals surface area contributed by atoms with Gasteiger partial charge in [0.2, 0.25) is 17.7 Å². The minimum atomic E-state index is -4.66. The van der Waals surface area contributed by atoms with E-state index in [2.05, 4.69) is 26.3 Å². The molecule has 0 spiro atoms. The molecule has 47 heavy (non-hydrogen) atoms. The standard InChI is InChI=1S/C33H39F4N7O3/c1-5-28(45)43-18-25(19-43)41-9-6-40(7-10-41)8-11-42-17-22-14-29(46)44(27-15-23(33(35,36)37)13-21(3)38-27)31(22)32(47)39(4)26-16-24(34)12-20(2)30(26)42/h5,12-13,15-16,22,25,31H,1,6-11,14,17-19H2,2-4H3/t22-,31+/m1/s1. The zero-order valence-electron chi connectivity index (χ0n) is 26.8. The Kier molecular flexibility index (Phi) is 8.77. The maximum absolute atomic E-state index is 14.8. The first kappa shape index (κ1) is 32.9. The fraction of sp³-hybridized carbons (Fsp3) is 0.515. The van der Waals surface area contributed by atoms with Crippen molar-refractivity contribution in [2.45, 2.75) is 38.5 Å². The van der Waals surface area contributed by atoms with Crippen LogP contribution in [0.15, 0.2) is 36.9 Å². The summed E-state index contributed by atoms with van der Waals surface area (Å²) in [5, 5.41) is 0. The van der Waals surface area contributed by atoms with Gasteiger partial charge in [-0.2, -0.15) is 13.2 Å². The van der Waals surface area contributed by atoms with Gasteiger partial charge >= 0.3 is 6.18 Å². The first-order valence-corrected chi connectivity index (χ1v) is 15.8. The summed E-state index contributed by atoms with van der Waals surface area (Å²) in [7, 11) is 1.51. The van der Waals surface area contributed by atoms with Crippen LogP contribution in [0.2, 0.25) is 0 Å². The van der Waals surface area contributed by atoms with E-state index in [1.165, 1.54) is 37.1 Å². The minimum Gasteiger partial charge on any atom is -0.368 e. The Morgan fingerprint density at radius 1 is 1.02 bits per heavy atom. The smallest absolute Gasteiger partial charge is 0.368 e. The molecule has 1 aromatic heterocycles. The summed E-state index contributed by atoms with van der Waals surface area (Å²) in [5.74, 6) is -2.32. The summed E-state index contributed by atoms with van der Waals surface area (Å²) in [6.07, 6.45) is -3.37. The average molecular weight is 658 g/mol. The largest absolute Gasteiger partial charge is 0.416 e. The lowest BCUT2D eigenvalue weighted by atomic mass is 9.95. The van der Waals surface area contributed by atoms with Crippen LogP contribution in [0.5, 0.6) is 0 Å². The van der Waals surface area contributed by atoms with Gasteiger partial charge < -0.3 is 14.7 Å². The number of amides is 3. The topological polar surface area (TPSA) is 83.5 Å². The number of pyridine rings is 1. The van der Waals surface area contributed by atoms with Crippen LogP contribution >= 0.6 is 0 Å². The summed E-state index contributed by atoms with van der Waals surface area (Å²) in [6, 6.07) is 3.65. The first-order valence-electron chi connectivity index (χ1n) is 15.8. The number of benzene rings is 1. The number of carbonyl (C=O) groups excluding carboxylic acids is 3. The molecule has 0 saturated carbocycles. The quantitative estimate of drug-likeness (QED) is 0.349. The number of aryl methyl sites for hydroxylation is 2. The second-order valence-electron chi connectivity index (χ2n) is 12.9. The van der Waals surface area contributed by atoms with Gasteiger partial charge in [0.05, 0.1) is 16.9 Å². The van der Waals surface area contributed by atoms with Crippen LogP contribution in [0.1, 0.15) is 23.2 Å². The summed E-state index contributed by atoms with van der Waals surface area (Å²) in [6.45, 7) is 13.0. The number of hydrogen-bond donors (Lipinski definition) is 0. The number of aromatic nitrogens is 1. The molecule has 0 radical (unpaired) electrons. The summed E-state index contributed by atoms with van der Waals surface area (Å²) in [5.41, 5.74) is 0.796. The Balaban J connectivity index is 1.23. The van der Waals surface area contributed by atoms with Gasteiger partial charge in [0.15, 0.2) is 0 Å². The number of likely N-dealkylation sites (tertiary alicyclic amines) is 1. The molecule has 3 saturated heterocycles. The van der Waals surface area contributed by atoms with Gasteiger partial charge in [0, 0.05) is 90.0 Å². The molecule has 3 fully saturated rings. The van der Waals surface area contributed by atoms with Crippen molar-refractivity contribution < 1.29 is 31.9 Å². The van der Waals surface area contributed by atoms with Crippen molar-refractivity contribution in [1.29, 1.82) is 0 Å². The van der Waals surface area contributed by atoms with Crippen molar-refractivity contribution in [2.24, 2.45) is 5.92 Å². The van der Waals surface area contributed by atoms with E-state index >= 15 is 0 Å². The zero-order chi connectivity index (χ0) is 33.8. The van der Waals surface area contributed by atoms with E-state index in [-0.39, 0.29) is 30.4 Å². The van der Waals surface area contributed by atoms with Gasteiger partial charge in [0.1, 0.15) is 17.7 Å². The zero-order valence-corrected chi connectivity index (χ0v) is 26.8. The van der Waals surface area contributed by atoms with Gasteiger partial charge in [-0.15, -0.1) is 0 Å². The number of hydrogen-bond acceptors (Lipinski definition) is 7. The van der Waals surface area contributed by atoms with Gasteiger partial charge in [-0.05, 0) is 49.8 Å². The van der Waals surface area contributed by atoms with E-state index in [9.17, 15) is 31.9 Å². The molecule has 0 aliphatic carbocycles. The van der Waals surface area contributed by atoms with Crippen LogP contribution < -0.4 is 14.7 Å². The molecule has 5 heterocycles. The Hall–Kier alpha value is -4.04. The molecule has 2 atom stereocenters. The number of carbonyl (C=O) groups is 3. The Morgan fingerprint density at radius 3 is 2.38 bits per heavy atom. The lowest BCUT2D eigenvalue weighted by molar-refractivity contribution is -0.137. The monoisotopic (exact) mass is 657 g/mol. The van der Waals surface area contributed by atoms with Gasteiger partial charge in [-0.25, -0.2) is 9.37 Å². The number of piperazine rings is 1. The Morgan fingerprint density at radius 2 is 1.72 bits per heavy atom. The van der Waals surface area contributed by atoms with Crippen molar-refractivity contribution in [3.63, 3.8) is 0 Å². The van der Waals surface area contributed by atoms with Crippen molar-refractivity contribution in [1.82, 2.24) is 19.7 Å². The summed E-state index contributed by atoms with van der Waals surface area (Å²) < 4.78 is 56.0. The summed E-state index contributed by atoms with van der Waals surface area (Å²) >= 11 is 0. The van der Waals surface area contributed by atoms with Crippen molar-refractivity contribution in [2.75, 3.05) is 80.7 Å². The van der Waals surface area contributed by atoms with E-state index in [0.29, 0.717) is 49.2 Å². The SMILES string of the molecule is C=CC(=O)N1CC(N2CCN(CCN3C[C@H]4CC(=O)N(c5cc(C(F)(F)F)cc(C)n5)[C@@H]4C(=O)N(C)c4cc(F)cc(C)c43)CC2)C1. The molecule has 252 valence electrons. The van der Waals surface area contributed by atoms with Gasteiger partial charge in [-0.3, -0.25) is 29.1 Å². The number of fused-ring (bicyclic) bond motifs is 2. The predicted molar refractivity (Wildman–Crippen MR) is 169 cm³/mol. The Bertz CT molecular complexity index is 1590. The normalized spacial score (nSPS) is 23.0. The molecule has 0 N–H and O–H groups in total. The van der Waals surface area contributed by atoms with Crippen molar-refractivity contribution in [3.8, 4) is 0 Å². The van der Waals surface area contributed by atoms with E-state index in [1.54, 1.807) is 11.8 Å². The highest BCUT2D eigenvalue weighted by molar-refractivity contribution is 6.10. The fourth-order valence-electron chi connectivity index (χ4n) is 7.37. The third-order valence-corrected chi connectivity index (χ3v) is 9.86. The van der Waals surface area contributed by atoms with Crippen LogP contribution in [-0.4, -0.2) is 115 Å². The highest BCUT2D eigenvalue weighted by Gasteiger charge is 2.49. The molecule has 2 aromatic rings. The molecule has 3 amide bonds. The van der Waals surface area contributed by atoms with E-state index in [1.807, 2.05) is 0 Å².